The molecule has 0 saturated heterocycles. The Balaban J connectivity index is 2.11. The minimum absolute atomic E-state index is 0.224. The van der Waals surface area contributed by atoms with Gasteiger partial charge in [-0.2, -0.15) is 0 Å². The average molecular weight is 304 g/mol. The zero-order valence-electron chi connectivity index (χ0n) is 10.1. The van der Waals surface area contributed by atoms with Crippen LogP contribution in [0.4, 0.5) is 4.39 Å². The molecule has 1 aromatic rings. The van der Waals surface area contributed by atoms with E-state index in [0.29, 0.717) is 11.1 Å². The van der Waals surface area contributed by atoms with Crippen molar-refractivity contribution in [2.24, 2.45) is 0 Å². The summed E-state index contributed by atoms with van der Waals surface area (Å²) in [7, 11) is 0. The van der Waals surface area contributed by atoms with Crippen LogP contribution < -0.4 is 5.32 Å². The van der Waals surface area contributed by atoms with Crippen molar-refractivity contribution in [1.82, 2.24) is 5.32 Å². The molecule has 0 radical (unpaired) electrons. The minimum Gasteiger partial charge on any atom is -0.380 e. The van der Waals surface area contributed by atoms with E-state index in [9.17, 15) is 4.39 Å². The van der Waals surface area contributed by atoms with Gasteiger partial charge in [-0.05, 0) is 53.0 Å². The molecule has 0 spiro atoms. The van der Waals surface area contributed by atoms with Gasteiger partial charge < -0.3 is 10.1 Å². The molecule has 0 aliphatic carbocycles. The van der Waals surface area contributed by atoms with Gasteiger partial charge in [-0.25, -0.2) is 4.39 Å². The Morgan fingerprint density at radius 2 is 2.12 bits per heavy atom. The van der Waals surface area contributed by atoms with Crippen LogP contribution >= 0.6 is 15.9 Å². The fourth-order valence-corrected chi connectivity index (χ4v) is 1.86. The molecule has 17 heavy (non-hydrogen) atoms. The summed E-state index contributed by atoms with van der Waals surface area (Å²) >= 11 is 3.17. The van der Waals surface area contributed by atoms with Crippen molar-refractivity contribution in [2.75, 3.05) is 26.3 Å². The van der Waals surface area contributed by atoms with Crippen molar-refractivity contribution in [1.29, 1.82) is 0 Å². The molecule has 0 aliphatic heterocycles. The quantitative estimate of drug-likeness (QED) is 0.745. The number of rotatable bonds is 8. The van der Waals surface area contributed by atoms with Crippen molar-refractivity contribution < 1.29 is 9.13 Å². The van der Waals surface area contributed by atoms with Gasteiger partial charge in [-0.1, -0.05) is 13.0 Å². The molecule has 0 atom stereocenters. The standard InChI is InChI=1S/C13H19BrFNO/c1-2-6-16-7-9-17-8-5-11-3-4-13(15)12(14)10-11/h3-4,10,16H,2,5-9H2,1H3. The lowest BCUT2D eigenvalue weighted by atomic mass is 10.2. The van der Waals surface area contributed by atoms with Crippen LogP contribution in [0.25, 0.3) is 0 Å². The summed E-state index contributed by atoms with van der Waals surface area (Å²) in [5.74, 6) is -0.224. The predicted molar refractivity (Wildman–Crippen MR) is 71.8 cm³/mol. The highest BCUT2D eigenvalue weighted by molar-refractivity contribution is 9.10. The number of nitrogens with one attached hydrogen (secondary N) is 1. The normalized spacial score (nSPS) is 10.8. The minimum atomic E-state index is -0.224. The molecule has 0 bridgehead atoms. The van der Waals surface area contributed by atoms with E-state index >= 15 is 0 Å². The molecule has 0 aromatic heterocycles. The first kappa shape index (κ1) is 14.6. The molecule has 0 aliphatic rings. The van der Waals surface area contributed by atoms with Crippen molar-refractivity contribution in [2.45, 2.75) is 19.8 Å². The van der Waals surface area contributed by atoms with E-state index in [4.69, 9.17) is 4.74 Å². The summed E-state index contributed by atoms with van der Waals surface area (Å²) in [6.07, 6.45) is 1.95. The second kappa shape index (κ2) is 8.61. The molecule has 0 heterocycles. The van der Waals surface area contributed by atoms with Crippen molar-refractivity contribution in [3.63, 3.8) is 0 Å². The Bertz CT molecular complexity index is 333. The van der Waals surface area contributed by atoms with Gasteiger partial charge >= 0.3 is 0 Å². The largest absolute Gasteiger partial charge is 0.380 e. The maximum absolute atomic E-state index is 13.0. The van der Waals surface area contributed by atoms with Crippen LogP contribution in [0.1, 0.15) is 18.9 Å². The number of benzene rings is 1. The molecule has 0 saturated carbocycles. The third-order valence-electron chi connectivity index (χ3n) is 2.37. The molecule has 0 unspecified atom stereocenters. The van der Waals surface area contributed by atoms with E-state index in [1.54, 1.807) is 12.1 Å². The van der Waals surface area contributed by atoms with Gasteiger partial charge in [0.1, 0.15) is 5.82 Å². The number of halogens is 2. The summed E-state index contributed by atoms with van der Waals surface area (Å²) < 4.78 is 19.0. The van der Waals surface area contributed by atoms with Gasteiger partial charge in [0, 0.05) is 6.54 Å². The molecular weight excluding hydrogens is 285 g/mol. The van der Waals surface area contributed by atoms with Gasteiger partial charge in [-0.15, -0.1) is 0 Å². The van der Waals surface area contributed by atoms with E-state index in [1.165, 1.54) is 6.07 Å². The first-order valence-corrected chi connectivity index (χ1v) is 6.75. The fraction of sp³-hybridized carbons (Fsp3) is 0.538. The first-order chi connectivity index (χ1) is 8.24. The summed E-state index contributed by atoms with van der Waals surface area (Å²) in [5, 5.41) is 3.27. The van der Waals surface area contributed by atoms with Crippen LogP contribution in [0.5, 0.6) is 0 Å². The predicted octanol–water partition coefficient (Wildman–Crippen LogP) is 3.15. The van der Waals surface area contributed by atoms with Crippen LogP contribution in [-0.4, -0.2) is 26.3 Å². The van der Waals surface area contributed by atoms with E-state index in [-0.39, 0.29) is 5.82 Å². The molecule has 1 N–H and O–H groups in total. The van der Waals surface area contributed by atoms with Crippen molar-refractivity contribution in [3.8, 4) is 0 Å². The third kappa shape index (κ3) is 6.15. The molecular formula is C13H19BrFNO. The molecule has 0 fully saturated rings. The molecule has 1 rings (SSSR count). The second-order valence-electron chi connectivity index (χ2n) is 3.86. The van der Waals surface area contributed by atoms with Gasteiger partial charge in [0.05, 0.1) is 17.7 Å². The van der Waals surface area contributed by atoms with Crippen LogP contribution in [0.15, 0.2) is 22.7 Å². The Morgan fingerprint density at radius 3 is 2.82 bits per heavy atom. The number of ether oxygens (including phenoxy) is 1. The van der Waals surface area contributed by atoms with Gasteiger partial charge in [0.2, 0.25) is 0 Å². The SMILES string of the molecule is CCCNCCOCCc1ccc(F)c(Br)c1. The molecule has 1 aromatic carbocycles. The zero-order valence-corrected chi connectivity index (χ0v) is 11.7. The van der Waals surface area contributed by atoms with Crippen LogP contribution in [0, 0.1) is 5.82 Å². The van der Waals surface area contributed by atoms with Crippen LogP contribution in [-0.2, 0) is 11.2 Å². The highest BCUT2D eigenvalue weighted by Gasteiger charge is 2.00. The van der Waals surface area contributed by atoms with E-state index < -0.39 is 0 Å². The van der Waals surface area contributed by atoms with Crippen LogP contribution in [0.2, 0.25) is 0 Å². The lowest BCUT2D eigenvalue weighted by molar-refractivity contribution is 0.139. The molecule has 0 amide bonds. The Labute approximate surface area is 111 Å². The molecule has 96 valence electrons. The van der Waals surface area contributed by atoms with Gasteiger partial charge in [0.15, 0.2) is 0 Å². The highest BCUT2D eigenvalue weighted by Crippen LogP contribution is 2.17. The van der Waals surface area contributed by atoms with E-state index in [1.807, 2.05) is 0 Å². The topological polar surface area (TPSA) is 21.3 Å². The smallest absolute Gasteiger partial charge is 0.137 e. The highest BCUT2D eigenvalue weighted by atomic mass is 79.9. The van der Waals surface area contributed by atoms with Gasteiger partial charge in [0.25, 0.3) is 0 Å². The Kier molecular flexibility index (Phi) is 7.40. The summed E-state index contributed by atoms with van der Waals surface area (Å²) in [5.41, 5.74) is 1.08. The van der Waals surface area contributed by atoms with E-state index in [0.717, 1.165) is 38.1 Å². The maximum Gasteiger partial charge on any atom is 0.137 e. The Morgan fingerprint density at radius 1 is 1.29 bits per heavy atom. The van der Waals surface area contributed by atoms with E-state index in [2.05, 4.69) is 28.2 Å². The first-order valence-electron chi connectivity index (χ1n) is 5.96. The second-order valence-corrected chi connectivity index (χ2v) is 4.72. The fourth-order valence-electron chi connectivity index (χ4n) is 1.43. The number of hydrogen-bond acceptors (Lipinski definition) is 2. The van der Waals surface area contributed by atoms with Crippen LogP contribution in [0.3, 0.4) is 0 Å². The monoisotopic (exact) mass is 303 g/mol. The molecule has 4 heteroatoms. The average Bonchev–Trinajstić information content (AvgIpc) is 2.32. The summed E-state index contributed by atoms with van der Waals surface area (Å²) in [6.45, 7) is 5.46. The van der Waals surface area contributed by atoms with Gasteiger partial charge in [-0.3, -0.25) is 0 Å². The molecule has 2 nitrogen and oxygen atoms in total. The number of hydrogen-bond donors (Lipinski definition) is 1. The van der Waals surface area contributed by atoms with Crippen molar-refractivity contribution >= 4 is 15.9 Å². The lowest BCUT2D eigenvalue weighted by Gasteiger charge is -2.06. The summed E-state index contributed by atoms with van der Waals surface area (Å²) in [4.78, 5) is 0. The maximum atomic E-state index is 13.0. The lowest BCUT2D eigenvalue weighted by Crippen LogP contribution is -2.20. The third-order valence-corrected chi connectivity index (χ3v) is 2.98. The summed E-state index contributed by atoms with van der Waals surface area (Å²) in [6, 6.07) is 5.06. The van der Waals surface area contributed by atoms with Crippen molar-refractivity contribution in [3.05, 3.63) is 34.1 Å². The Hall–Kier alpha value is -0.450. The zero-order chi connectivity index (χ0) is 12.5.